The van der Waals surface area contributed by atoms with Gasteiger partial charge < -0.3 is 26.4 Å². The third-order valence-electron chi connectivity index (χ3n) is 8.44. The molecule has 0 radical (unpaired) electrons. The van der Waals surface area contributed by atoms with E-state index >= 15 is 4.39 Å². The summed E-state index contributed by atoms with van der Waals surface area (Å²) >= 11 is 12.5. The van der Waals surface area contributed by atoms with Gasteiger partial charge in [-0.1, -0.05) is 62.2 Å². The van der Waals surface area contributed by atoms with E-state index in [0.29, 0.717) is 42.1 Å². The number of benzene rings is 2. The second-order valence-corrected chi connectivity index (χ2v) is 13.3. The molecule has 3 aliphatic rings. The molecule has 1 saturated carbocycles. The summed E-state index contributed by atoms with van der Waals surface area (Å²) in [5.74, 6) is -2.56. The van der Waals surface area contributed by atoms with Crippen LogP contribution in [-0.2, 0) is 24.5 Å². The Hall–Kier alpha value is -2.72. The van der Waals surface area contributed by atoms with E-state index in [1.54, 1.807) is 30.3 Å². The number of esters is 1. The number of nitrogens with one attached hydrogen (secondary N) is 3. The maximum atomic E-state index is 15.8. The van der Waals surface area contributed by atoms with Crippen LogP contribution in [-0.4, -0.2) is 49.1 Å². The molecule has 220 valence electrons. The fourth-order valence-corrected chi connectivity index (χ4v) is 7.03. The highest BCUT2D eigenvalue weighted by molar-refractivity contribution is 6.31. The number of amides is 2. The molecule has 0 bridgehead atoms. The number of carbonyl (C=O) groups is 3. The number of carbonyl (C=O) groups excluding carboxylic acids is 3. The Morgan fingerprint density at radius 3 is 2.61 bits per heavy atom. The molecular formula is C30H35Cl2FN4O4. The van der Waals surface area contributed by atoms with Gasteiger partial charge in [-0.2, -0.15) is 0 Å². The van der Waals surface area contributed by atoms with Crippen LogP contribution in [0.1, 0.15) is 57.1 Å². The van der Waals surface area contributed by atoms with Crippen LogP contribution in [0.3, 0.4) is 0 Å². The average Bonchev–Trinajstić information content (AvgIpc) is 3.35. The summed E-state index contributed by atoms with van der Waals surface area (Å²) in [7, 11) is 0. The summed E-state index contributed by atoms with van der Waals surface area (Å²) in [6.45, 7) is 6.36. The molecule has 2 heterocycles. The first-order chi connectivity index (χ1) is 19.3. The number of halogens is 3. The van der Waals surface area contributed by atoms with Gasteiger partial charge in [0.15, 0.2) is 0 Å². The van der Waals surface area contributed by atoms with Crippen molar-refractivity contribution in [1.29, 1.82) is 0 Å². The Kier molecular flexibility index (Phi) is 8.11. The Morgan fingerprint density at radius 2 is 1.93 bits per heavy atom. The molecule has 2 fully saturated rings. The van der Waals surface area contributed by atoms with Crippen LogP contribution < -0.4 is 21.7 Å². The largest absolute Gasteiger partial charge is 0.461 e. The molecule has 0 unspecified atom stereocenters. The lowest BCUT2D eigenvalue weighted by Gasteiger charge is -2.38. The molecule has 5 rings (SSSR count). The van der Waals surface area contributed by atoms with Gasteiger partial charge in [0, 0.05) is 29.2 Å². The van der Waals surface area contributed by atoms with Crippen LogP contribution in [0.15, 0.2) is 36.4 Å². The van der Waals surface area contributed by atoms with E-state index in [1.807, 2.05) is 0 Å². The summed E-state index contributed by atoms with van der Waals surface area (Å²) < 4.78 is 21.1. The Bertz CT molecular complexity index is 1380. The van der Waals surface area contributed by atoms with Crippen molar-refractivity contribution in [2.75, 3.05) is 18.4 Å². The number of rotatable bonds is 7. The molecule has 0 aromatic heterocycles. The van der Waals surface area contributed by atoms with Crippen LogP contribution in [0, 0.1) is 17.2 Å². The van der Waals surface area contributed by atoms with Crippen molar-refractivity contribution in [3.63, 3.8) is 0 Å². The lowest BCUT2D eigenvalue weighted by Crippen LogP contribution is -2.49. The normalized spacial score (nSPS) is 28.7. The number of nitrogens with two attached hydrogens (primary N) is 1. The maximum absolute atomic E-state index is 15.8. The summed E-state index contributed by atoms with van der Waals surface area (Å²) in [5.41, 5.74) is 5.18. The van der Waals surface area contributed by atoms with Crippen molar-refractivity contribution in [2.24, 2.45) is 17.1 Å². The van der Waals surface area contributed by atoms with Gasteiger partial charge in [0.1, 0.15) is 17.3 Å². The van der Waals surface area contributed by atoms with Gasteiger partial charge in [-0.25, -0.2) is 4.39 Å². The van der Waals surface area contributed by atoms with Gasteiger partial charge in [0.05, 0.1) is 17.6 Å². The monoisotopic (exact) mass is 604 g/mol. The van der Waals surface area contributed by atoms with Gasteiger partial charge in [0.2, 0.25) is 11.8 Å². The predicted octanol–water partition coefficient (Wildman–Crippen LogP) is 4.28. The predicted molar refractivity (Wildman–Crippen MR) is 155 cm³/mol. The first-order valence-corrected chi connectivity index (χ1v) is 14.6. The molecule has 41 heavy (non-hydrogen) atoms. The Morgan fingerprint density at radius 1 is 1.20 bits per heavy atom. The third-order valence-corrected chi connectivity index (χ3v) is 8.97. The zero-order valence-corrected chi connectivity index (χ0v) is 24.7. The molecule has 2 aliphatic heterocycles. The number of hydrogen-bond donors (Lipinski definition) is 4. The fourth-order valence-electron chi connectivity index (χ4n) is 6.68. The van der Waals surface area contributed by atoms with Gasteiger partial charge in [0.25, 0.3) is 0 Å². The number of ether oxygens (including phenoxy) is 1. The molecule has 11 heteroatoms. The molecule has 2 amide bonds. The van der Waals surface area contributed by atoms with Gasteiger partial charge >= 0.3 is 5.97 Å². The van der Waals surface area contributed by atoms with E-state index in [2.05, 4.69) is 36.7 Å². The fraction of sp³-hybridized carbons (Fsp3) is 0.500. The zero-order chi connectivity index (χ0) is 29.7. The Labute approximate surface area is 248 Å². The van der Waals surface area contributed by atoms with E-state index in [0.717, 1.165) is 0 Å². The quantitative estimate of drug-likeness (QED) is 0.350. The molecule has 4 atom stereocenters. The lowest BCUT2D eigenvalue weighted by molar-refractivity contribution is -0.154. The standard InChI is InChI=1S/C30H35Cl2FN4O4/c1-29(2,3)12-22-30(19-8-7-16(31)11-21(19)36-28(30)40)24(18-5-4-6-20(32)25(18)33)26(37-22)27(39)35-14-15-9-17(10-15)41-23(38)13-34/h4-8,11,15,17,22,24,26,37H,9-10,12-14,34H2,1-3H3,(H,35,39)(H,36,40)/t15?,17?,22-,24+,26-,30+/m1/s1. The molecule has 2 aromatic rings. The van der Waals surface area contributed by atoms with Crippen molar-refractivity contribution in [2.45, 2.75) is 69.6 Å². The Balaban J connectivity index is 1.52. The van der Waals surface area contributed by atoms with E-state index < -0.39 is 35.2 Å². The van der Waals surface area contributed by atoms with E-state index in [-0.39, 0.29) is 46.4 Å². The number of hydrogen-bond acceptors (Lipinski definition) is 6. The van der Waals surface area contributed by atoms with Crippen LogP contribution in [0.2, 0.25) is 10.0 Å². The highest BCUT2D eigenvalue weighted by atomic mass is 35.5. The van der Waals surface area contributed by atoms with Crippen molar-refractivity contribution in [1.82, 2.24) is 10.6 Å². The summed E-state index contributed by atoms with van der Waals surface area (Å²) in [6, 6.07) is 8.41. The number of anilines is 1. The van der Waals surface area contributed by atoms with Gasteiger partial charge in [-0.05, 0) is 59.9 Å². The molecule has 1 saturated heterocycles. The van der Waals surface area contributed by atoms with Crippen LogP contribution in [0.4, 0.5) is 10.1 Å². The minimum atomic E-state index is -1.31. The van der Waals surface area contributed by atoms with E-state index in [1.165, 1.54) is 6.07 Å². The lowest BCUT2D eigenvalue weighted by atomic mass is 9.62. The first-order valence-electron chi connectivity index (χ1n) is 13.8. The van der Waals surface area contributed by atoms with Gasteiger partial charge in [-0.15, -0.1) is 0 Å². The van der Waals surface area contributed by atoms with Crippen LogP contribution >= 0.6 is 23.2 Å². The minimum absolute atomic E-state index is 0.0849. The third kappa shape index (κ3) is 5.45. The van der Waals surface area contributed by atoms with Crippen molar-refractivity contribution in [3.8, 4) is 0 Å². The second kappa shape index (κ2) is 11.2. The van der Waals surface area contributed by atoms with Crippen LogP contribution in [0.25, 0.3) is 0 Å². The first kappa shape index (κ1) is 29.8. The smallest absolute Gasteiger partial charge is 0.319 e. The average molecular weight is 606 g/mol. The highest BCUT2D eigenvalue weighted by Crippen LogP contribution is 2.57. The summed E-state index contributed by atoms with van der Waals surface area (Å²) in [6.07, 6.45) is 1.55. The molecule has 8 nitrogen and oxygen atoms in total. The summed E-state index contributed by atoms with van der Waals surface area (Å²) in [4.78, 5) is 39.5. The van der Waals surface area contributed by atoms with E-state index in [4.69, 9.17) is 33.7 Å². The molecule has 1 aliphatic carbocycles. The van der Waals surface area contributed by atoms with Crippen molar-refractivity contribution >= 4 is 46.7 Å². The summed E-state index contributed by atoms with van der Waals surface area (Å²) in [5, 5.41) is 9.82. The van der Waals surface area contributed by atoms with Crippen molar-refractivity contribution in [3.05, 3.63) is 63.4 Å². The molecular weight excluding hydrogens is 570 g/mol. The molecule has 5 N–H and O–H groups in total. The van der Waals surface area contributed by atoms with Crippen LogP contribution in [0.5, 0.6) is 0 Å². The number of fused-ring (bicyclic) bond motifs is 2. The minimum Gasteiger partial charge on any atom is -0.461 e. The topological polar surface area (TPSA) is 123 Å². The van der Waals surface area contributed by atoms with E-state index in [9.17, 15) is 14.4 Å². The van der Waals surface area contributed by atoms with Gasteiger partial charge in [-0.3, -0.25) is 14.4 Å². The maximum Gasteiger partial charge on any atom is 0.319 e. The van der Waals surface area contributed by atoms with Crippen molar-refractivity contribution < 1.29 is 23.5 Å². The molecule has 1 spiro atoms. The molecule has 2 aromatic carbocycles. The highest BCUT2D eigenvalue weighted by Gasteiger charge is 2.66. The second-order valence-electron chi connectivity index (χ2n) is 12.5. The zero-order valence-electron chi connectivity index (χ0n) is 23.2. The SMILES string of the molecule is CC(C)(C)C[C@H]1N[C@@H](C(=O)NCC2CC(OC(=O)CN)C2)[C@H](c2cccc(Cl)c2F)[C@@]12C(=O)Nc1cc(Cl)ccc12.